The number of rotatable bonds is 3. The van der Waals surface area contributed by atoms with Crippen molar-refractivity contribution in [1.29, 1.82) is 0 Å². The molecule has 0 saturated heterocycles. The smallest absolute Gasteiger partial charge is 0.313 e. The summed E-state index contributed by atoms with van der Waals surface area (Å²) in [5.74, 6) is -1.14. The summed E-state index contributed by atoms with van der Waals surface area (Å²) < 4.78 is 4.98. The second kappa shape index (κ2) is 4.35. The van der Waals surface area contributed by atoms with E-state index in [0.717, 1.165) is 0 Å². The summed E-state index contributed by atoms with van der Waals surface area (Å²) in [6.45, 7) is 4.42. The molecule has 1 aromatic carbocycles. The number of hydrogen-bond donors (Lipinski definition) is 1. The Bertz CT molecular complexity index is 421. The predicted molar refractivity (Wildman–Crippen MR) is 58.4 cm³/mol. The number of carbonyl (C=O) groups excluding carboxylic acids is 1. The third kappa shape index (κ3) is 2.39. The van der Waals surface area contributed by atoms with E-state index in [1.807, 2.05) is 0 Å². The van der Waals surface area contributed by atoms with Gasteiger partial charge in [0.05, 0.1) is 5.41 Å². The molecule has 1 N–H and O–H groups in total. The summed E-state index contributed by atoms with van der Waals surface area (Å²) in [4.78, 5) is 22.0. The first-order chi connectivity index (χ1) is 7.35. The Labute approximate surface area is 93.9 Å². The zero-order chi connectivity index (χ0) is 12.3. The predicted octanol–water partition coefficient (Wildman–Crippen LogP) is 1.97. The number of carbonyl (C=O) groups is 2. The standard InChI is InChI=1S/C12H14O4/c1-8(13)16-10-7-5-4-6-9(10)12(2,3)11(14)15/h4-7H,1-3H3,(H,14,15). The Morgan fingerprint density at radius 3 is 2.31 bits per heavy atom. The van der Waals surface area contributed by atoms with Crippen molar-refractivity contribution in [3.63, 3.8) is 0 Å². The van der Waals surface area contributed by atoms with Crippen molar-refractivity contribution in [2.24, 2.45) is 0 Å². The van der Waals surface area contributed by atoms with Crippen LogP contribution in [0, 0.1) is 0 Å². The quantitative estimate of drug-likeness (QED) is 0.627. The lowest BCUT2D eigenvalue weighted by Gasteiger charge is -2.22. The van der Waals surface area contributed by atoms with E-state index in [1.165, 1.54) is 6.92 Å². The minimum Gasteiger partial charge on any atom is -0.481 e. The molecule has 0 fully saturated rings. The normalized spacial score (nSPS) is 10.9. The number of carboxylic acid groups (broad SMARTS) is 1. The van der Waals surface area contributed by atoms with Crippen LogP contribution in [0.5, 0.6) is 5.75 Å². The van der Waals surface area contributed by atoms with Crippen LogP contribution >= 0.6 is 0 Å². The van der Waals surface area contributed by atoms with Gasteiger partial charge in [0.15, 0.2) is 0 Å². The highest BCUT2D eigenvalue weighted by Gasteiger charge is 2.32. The van der Waals surface area contributed by atoms with Gasteiger partial charge >= 0.3 is 11.9 Å². The number of para-hydroxylation sites is 1. The molecular weight excluding hydrogens is 208 g/mol. The van der Waals surface area contributed by atoms with E-state index >= 15 is 0 Å². The van der Waals surface area contributed by atoms with E-state index in [1.54, 1.807) is 38.1 Å². The van der Waals surface area contributed by atoms with Gasteiger partial charge in [0, 0.05) is 12.5 Å². The number of aliphatic carboxylic acids is 1. The zero-order valence-electron chi connectivity index (χ0n) is 9.48. The maximum atomic E-state index is 11.1. The third-order valence-electron chi connectivity index (χ3n) is 2.35. The lowest BCUT2D eigenvalue weighted by molar-refractivity contribution is -0.143. The van der Waals surface area contributed by atoms with Crippen LogP contribution in [0.15, 0.2) is 24.3 Å². The number of hydrogen-bond acceptors (Lipinski definition) is 3. The maximum Gasteiger partial charge on any atom is 0.313 e. The van der Waals surface area contributed by atoms with E-state index in [9.17, 15) is 9.59 Å². The monoisotopic (exact) mass is 222 g/mol. The van der Waals surface area contributed by atoms with Crippen LogP contribution in [0.2, 0.25) is 0 Å². The summed E-state index contributed by atoms with van der Waals surface area (Å²) in [5.41, 5.74) is -0.607. The zero-order valence-corrected chi connectivity index (χ0v) is 9.48. The molecule has 0 heterocycles. The molecule has 0 bridgehead atoms. The molecule has 0 atom stereocenters. The molecule has 0 spiro atoms. The maximum absolute atomic E-state index is 11.1. The van der Waals surface area contributed by atoms with Crippen molar-refractivity contribution in [1.82, 2.24) is 0 Å². The first kappa shape index (κ1) is 12.2. The molecule has 1 aromatic rings. The highest BCUT2D eigenvalue weighted by Crippen LogP contribution is 2.31. The first-order valence-electron chi connectivity index (χ1n) is 4.87. The van der Waals surface area contributed by atoms with Gasteiger partial charge in [-0.2, -0.15) is 0 Å². The van der Waals surface area contributed by atoms with Gasteiger partial charge in [-0.1, -0.05) is 18.2 Å². The lowest BCUT2D eigenvalue weighted by Crippen LogP contribution is -2.29. The molecule has 0 unspecified atom stereocenters. The van der Waals surface area contributed by atoms with Crippen molar-refractivity contribution in [3.05, 3.63) is 29.8 Å². The fourth-order valence-electron chi connectivity index (χ4n) is 1.34. The molecule has 0 amide bonds. The van der Waals surface area contributed by atoms with Crippen molar-refractivity contribution in [3.8, 4) is 5.75 Å². The molecule has 0 aliphatic rings. The topological polar surface area (TPSA) is 63.6 Å². The average Bonchev–Trinajstić information content (AvgIpc) is 2.17. The minimum absolute atomic E-state index is 0.294. The molecule has 0 aliphatic heterocycles. The van der Waals surface area contributed by atoms with Gasteiger partial charge in [0.2, 0.25) is 0 Å². The molecule has 0 saturated carbocycles. The van der Waals surface area contributed by atoms with E-state index in [0.29, 0.717) is 11.3 Å². The molecule has 4 nitrogen and oxygen atoms in total. The molecule has 1 rings (SSSR count). The first-order valence-corrected chi connectivity index (χ1v) is 4.87. The summed E-state index contributed by atoms with van der Waals surface area (Å²) >= 11 is 0. The Morgan fingerprint density at radius 1 is 1.25 bits per heavy atom. The number of carboxylic acids is 1. The SMILES string of the molecule is CC(=O)Oc1ccccc1C(C)(C)C(=O)O. The fraction of sp³-hybridized carbons (Fsp3) is 0.333. The largest absolute Gasteiger partial charge is 0.481 e. The molecular formula is C12H14O4. The average molecular weight is 222 g/mol. The van der Waals surface area contributed by atoms with Crippen molar-refractivity contribution >= 4 is 11.9 Å². The summed E-state index contributed by atoms with van der Waals surface area (Å²) in [6.07, 6.45) is 0. The second-order valence-corrected chi connectivity index (χ2v) is 4.02. The lowest BCUT2D eigenvalue weighted by atomic mass is 9.84. The van der Waals surface area contributed by atoms with Crippen LogP contribution < -0.4 is 4.74 Å². The number of esters is 1. The summed E-state index contributed by atoms with van der Waals surface area (Å²) in [6, 6.07) is 6.64. The van der Waals surface area contributed by atoms with Gasteiger partial charge in [0.1, 0.15) is 5.75 Å². The van der Waals surface area contributed by atoms with Gasteiger partial charge in [-0.15, -0.1) is 0 Å². The Balaban J connectivity index is 3.22. The Hall–Kier alpha value is -1.84. The van der Waals surface area contributed by atoms with E-state index in [-0.39, 0.29) is 0 Å². The van der Waals surface area contributed by atoms with Crippen LogP contribution in [-0.4, -0.2) is 17.0 Å². The fourth-order valence-corrected chi connectivity index (χ4v) is 1.34. The third-order valence-corrected chi connectivity index (χ3v) is 2.35. The van der Waals surface area contributed by atoms with Gasteiger partial charge in [0.25, 0.3) is 0 Å². The van der Waals surface area contributed by atoms with Crippen LogP contribution in [0.3, 0.4) is 0 Å². The molecule has 86 valence electrons. The van der Waals surface area contributed by atoms with Gasteiger partial charge in [-0.25, -0.2) is 0 Å². The van der Waals surface area contributed by atoms with E-state index in [2.05, 4.69) is 0 Å². The van der Waals surface area contributed by atoms with Crippen LogP contribution in [0.1, 0.15) is 26.3 Å². The van der Waals surface area contributed by atoms with Crippen molar-refractivity contribution < 1.29 is 19.4 Å². The molecule has 0 aromatic heterocycles. The Kier molecular flexibility index (Phi) is 3.32. The van der Waals surface area contributed by atoms with Crippen molar-refractivity contribution in [2.45, 2.75) is 26.2 Å². The molecule has 4 heteroatoms. The summed E-state index contributed by atoms with van der Waals surface area (Å²) in [5, 5.41) is 9.11. The van der Waals surface area contributed by atoms with Crippen molar-refractivity contribution in [2.75, 3.05) is 0 Å². The summed E-state index contributed by atoms with van der Waals surface area (Å²) in [7, 11) is 0. The number of benzene rings is 1. The van der Waals surface area contributed by atoms with Gasteiger partial charge < -0.3 is 9.84 Å². The number of ether oxygens (including phenoxy) is 1. The molecule has 16 heavy (non-hydrogen) atoms. The van der Waals surface area contributed by atoms with Crippen LogP contribution in [-0.2, 0) is 15.0 Å². The van der Waals surface area contributed by atoms with Crippen LogP contribution in [0.25, 0.3) is 0 Å². The highest BCUT2D eigenvalue weighted by molar-refractivity contribution is 5.82. The Morgan fingerprint density at radius 2 is 1.81 bits per heavy atom. The van der Waals surface area contributed by atoms with Gasteiger partial charge in [-0.05, 0) is 19.9 Å². The van der Waals surface area contributed by atoms with E-state index in [4.69, 9.17) is 9.84 Å². The second-order valence-electron chi connectivity index (χ2n) is 4.02. The molecule has 0 aliphatic carbocycles. The highest BCUT2D eigenvalue weighted by atomic mass is 16.5. The van der Waals surface area contributed by atoms with Crippen LogP contribution in [0.4, 0.5) is 0 Å². The van der Waals surface area contributed by atoms with E-state index < -0.39 is 17.4 Å². The molecule has 0 radical (unpaired) electrons. The minimum atomic E-state index is -1.09. The van der Waals surface area contributed by atoms with Gasteiger partial charge in [-0.3, -0.25) is 9.59 Å².